The number of carbonyl (C=O) groups is 1. The quantitative estimate of drug-likeness (QED) is 0.850. The molecule has 0 heterocycles. The summed E-state index contributed by atoms with van der Waals surface area (Å²) in [6, 6.07) is 6.28. The van der Waals surface area contributed by atoms with Gasteiger partial charge in [-0.1, -0.05) is 45.4 Å². The molecule has 0 saturated heterocycles. The zero-order valence-electron chi connectivity index (χ0n) is 12.0. The van der Waals surface area contributed by atoms with Crippen molar-refractivity contribution in [2.45, 2.75) is 52.4 Å². The van der Waals surface area contributed by atoms with Gasteiger partial charge in [-0.15, -0.1) is 0 Å². The summed E-state index contributed by atoms with van der Waals surface area (Å²) in [5.74, 6) is -0.312. The van der Waals surface area contributed by atoms with E-state index in [1.807, 2.05) is 0 Å². The molecule has 0 saturated carbocycles. The topological polar surface area (TPSA) is 37.3 Å². The van der Waals surface area contributed by atoms with E-state index in [1.54, 1.807) is 0 Å². The van der Waals surface area contributed by atoms with Gasteiger partial charge in [-0.05, 0) is 41.0 Å². The van der Waals surface area contributed by atoms with Crippen LogP contribution in [0, 0.1) is 0 Å². The summed E-state index contributed by atoms with van der Waals surface area (Å²) >= 11 is 0. The number of carboxylic acids is 1. The molecule has 19 heavy (non-hydrogen) atoms. The van der Waals surface area contributed by atoms with E-state index in [2.05, 4.69) is 39.0 Å². The van der Waals surface area contributed by atoms with Gasteiger partial charge in [-0.3, -0.25) is 0 Å². The fraction of sp³-hybridized carbons (Fsp3) is 0.471. The molecule has 1 aromatic carbocycles. The van der Waals surface area contributed by atoms with Gasteiger partial charge in [0.2, 0.25) is 0 Å². The Kier molecular flexibility index (Phi) is 4.08. The predicted molar refractivity (Wildman–Crippen MR) is 78.3 cm³/mol. The standard InChI is InChI=1S/C17H22O2/c1-4-5-7-14-13-9-6-8-12(11(2)3)15(13)10-16(14)17(18)19/h6,8-9,11H,4-5,7,10H2,1-3H3,(H,18,19). The first-order valence-electron chi connectivity index (χ1n) is 7.13. The van der Waals surface area contributed by atoms with Crippen molar-refractivity contribution in [2.24, 2.45) is 0 Å². The first-order chi connectivity index (χ1) is 9.06. The van der Waals surface area contributed by atoms with Crippen molar-refractivity contribution in [3.63, 3.8) is 0 Å². The first kappa shape index (κ1) is 13.9. The van der Waals surface area contributed by atoms with E-state index in [0.29, 0.717) is 17.9 Å². The average molecular weight is 258 g/mol. The minimum atomic E-state index is -0.753. The summed E-state index contributed by atoms with van der Waals surface area (Å²) in [6.07, 6.45) is 3.62. The number of unbranched alkanes of at least 4 members (excludes halogenated alkanes) is 1. The largest absolute Gasteiger partial charge is 0.478 e. The minimum Gasteiger partial charge on any atom is -0.478 e. The summed E-state index contributed by atoms with van der Waals surface area (Å²) in [5.41, 5.74) is 5.38. The molecule has 0 fully saturated rings. The van der Waals surface area contributed by atoms with Gasteiger partial charge in [0.05, 0.1) is 0 Å². The highest BCUT2D eigenvalue weighted by atomic mass is 16.4. The molecule has 1 aromatic rings. The summed E-state index contributed by atoms with van der Waals surface area (Å²) in [6.45, 7) is 6.47. The average Bonchev–Trinajstić information content (AvgIpc) is 2.74. The van der Waals surface area contributed by atoms with E-state index < -0.39 is 5.97 Å². The molecule has 0 aliphatic heterocycles. The van der Waals surface area contributed by atoms with Crippen LogP contribution in [0.25, 0.3) is 5.57 Å². The Morgan fingerprint density at radius 3 is 2.68 bits per heavy atom. The van der Waals surface area contributed by atoms with Crippen LogP contribution in [0.5, 0.6) is 0 Å². The van der Waals surface area contributed by atoms with Crippen molar-refractivity contribution < 1.29 is 9.90 Å². The monoisotopic (exact) mass is 258 g/mol. The Balaban J connectivity index is 2.47. The van der Waals surface area contributed by atoms with Gasteiger partial charge in [-0.2, -0.15) is 0 Å². The molecule has 0 amide bonds. The van der Waals surface area contributed by atoms with Gasteiger partial charge < -0.3 is 5.11 Å². The maximum atomic E-state index is 11.5. The number of benzene rings is 1. The zero-order valence-corrected chi connectivity index (χ0v) is 12.0. The third kappa shape index (κ3) is 2.58. The Bertz CT molecular complexity index is 524. The van der Waals surface area contributed by atoms with Crippen molar-refractivity contribution in [3.8, 4) is 0 Å². The van der Waals surface area contributed by atoms with E-state index in [1.165, 1.54) is 16.7 Å². The van der Waals surface area contributed by atoms with Gasteiger partial charge in [0, 0.05) is 12.0 Å². The third-order valence-corrected chi connectivity index (χ3v) is 3.92. The molecule has 0 spiro atoms. The molecule has 1 aliphatic rings. The number of carboxylic acid groups (broad SMARTS) is 1. The van der Waals surface area contributed by atoms with Crippen LogP contribution in [0.2, 0.25) is 0 Å². The fourth-order valence-electron chi connectivity index (χ4n) is 2.92. The maximum absolute atomic E-state index is 11.5. The van der Waals surface area contributed by atoms with Gasteiger partial charge in [0.1, 0.15) is 0 Å². The minimum absolute atomic E-state index is 0.440. The molecule has 2 heteroatoms. The van der Waals surface area contributed by atoms with Crippen molar-refractivity contribution in [2.75, 3.05) is 0 Å². The molecule has 2 nitrogen and oxygen atoms in total. The van der Waals surface area contributed by atoms with Crippen LogP contribution in [-0.2, 0) is 11.2 Å². The first-order valence-corrected chi connectivity index (χ1v) is 7.13. The Labute approximate surface area is 115 Å². The molecular weight excluding hydrogens is 236 g/mol. The number of aliphatic carboxylic acids is 1. The van der Waals surface area contributed by atoms with Crippen LogP contribution in [0.15, 0.2) is 23.8 Å². The lowest BCUT2D eigenvalue weighted by Gasteiger charge is -2.13. The van der Waals surface area contributed by atoms with E-state index in [4.69, 9.17) is 0 Å². The molecule has 0 aromatic heterocycles. The van der Waals surface area contributed by atoms with Crippen molar-refractivity contribution in [1.82, 2.24) is 0 Å². The SMILES string of the molecule is CCCCC1=C(C(=O)O)Cc2c1cccc2C(C)C. The molecule has 1 N–H and O–H groups in total. The van der Waals surface area contributed by atoms with Crippen LogP contribution >= 0.6 is 0 Å². The number of rotatable bonds is 5. The smallest absolute Gasteiger partial charge is 0.332 e. The van der Waals surface area contributed by atoms with E-state index in [9.17, 15) is 9.90 Å². The second kappa shape index (κ2) is 5.60. The summed E-state index contributed by atoms with van der Waals surface area (Å²) in [5, 5.41) is 9.43. The summed E-state index contributed by atoms with van der Waals surface area (Å²) in [7, 11) is 0. The summed E-state index contributed by atoms with van der Waals surface area (Å²) in [4.78, 5) is 11.5. The molecular formula is C17H22O2. The van der Waals surface area contributed by atoms with Crippen LogP contribution < -0.4 is 0 Å². The van der Waals surface area contributed by atoms with Crippen LogP contribution in [0.1, 0.15) is 62.6 Å². The lowest BCUT2D eigenvalue weighted by molar-refractivity contribution is -0.132. The highest BCUT2D eigenvalue weighted by Gasteiger charge is 2.27. The second-order valence-electron chi connectivity index (χ2n) is 5.57. The normalized spacial score (nSPS) is 14.1. The predicted octanol–water partition coefficient (Wildman–Crippen LogP) is 4.39. The van der Waals surface area contributed by atoms with Crippen LogP contribution in [0.4, 0.5) is 0 Å². The number of hydrogen-bond acceptors (Lipinski definition) is 1. The van der Waals surface area contributed by atoms with Gasteiger partial charge in [0.15, 0.2) is 0 Å². The van der Waals surface area contributed by atoms with Gasteiger partial charge in [0.25, 0.3) is 0 Å². The summed E-state index contributed by atoms with van der Waals surface area (Å²) < 4.78 is 0. The van der Waals surface area contributed by atoms with Crippen molar-refractivity contribution >= 4 is 11.5 Å². The molecule has 0 bridgehead atoms. The van der Waals surface area contributed by atoms with Gasteiger partial charge >= 0.3 is 5.97 Å². The van der Waals surface area contributed by atoms with E-state index in [-0.39, 0.29) is 0 Å². The Morgan fingerprint density at radius 2 is 2.11 bits per heavy atom. The molecule has 1 aliphatic carbocycles. The molecule has 102 valence electrons. The third-order valence-electron chi connectivity index (χ3n) is 3.92. The van der Waals surface area contributed by atoms with Crippen LogP contribution in [-0.4, -0.2) is 11.1 Å². The Morgan fingerprint density at radius 1 is 1.37 bits per heavy atom. The van der Waals surface area contributed by atoms with Gasteiger partial charge in [-0.25, -0.2) is 4.79 Å². The van der Waals surface area contributed by atoms with Crippen molar-refractivity contribution in [3.05, 3.63) is 40.5 Å². The molecule has 0 radical (unpaired) electrons. The zero-order chi connectivity index (χ0) is 14.0. The Hall–Kier alpha value is -1.57. The maximum Gasteiger partial charge on any atom is 0.332 e. The molecule has 0 unspecified atom stereocenters. The lowest BCUT2D eigenvalue weighted by atomic mass is 9.92. The fourth-order valence-corrected chi connectivity index (χ4v) is 2.92. The number of allylic oxidation sites excluding steroid dienone is 1. The number of hydrogen-bond donors (Lipinski definition) is 1. The lowest BCUT2D eigenvalue weighted by Crippen LogP contribution is -2.02. The molecule has 0 atom stereocenters. The highest BCUT2D eigenvalue weighted by Crippen LogP contribution is 2.39. The second-order valence-corrected chi connectivity index (χ2v) is 5.57. The van der Waals surface area contributed by atoms with E-state index >= 15 is 0 Å². The molecule has 2 rings (SSSR count). The van der Waals surface area contributed by atoms with Crippen LogP contribution in [0.3, 0.4) is 0 Å². The highest BCUT2D eigenvalue weighted by molar-refractivity contribution is 6.00. The van der Waals surface area contributed by atoms with E-state index in [0.717, 1.165) is 24.8 Å². The van der Waals surface area contributed by atoms with Crippen molar-refractivity contribution in [1.29, 1.82) is 0 Å². The number of fused-ring (bicyclic) bond motifs is 1.